The number of fused-ring (bicyclic) bond motifs is 1. The first kappa shape index (κ1) is 12.4. The molecule has 3 rings (SSSR count). The van der Waals surface area contributed by atoms with E-state index in [1.807, 2.05) is 11.8 Å². The molecule has 5 nitrogen and oxygen atoms in total. The van der Waals surface area contributed by atoms with Gasteiger partial charge in [0.2, 0.25) is 5.91 Å². The van der Waals surface area contributed by atoms with Crippen LogP contribution in [-0.4, -0.2) is 33.4 Å². The molecule has 0 spiro atoms. The summed E-state index contributed by atoms with van der Waals surface area (Å²) in [6.45, 7) is 3.61. The van der Waals surface area contributed by atoms with Crippen molar-refractivity contribution < 1.29 is 4.79 Å². The molecule has 1 saturated heterocycles. The Morgan fingerprint density at radius 3 is 2.68 bits per heavy atom. The average molecular weight is 261 g/mol. The number of amides is 1. The van der Waals surface area contributed by atoms with Gasteiger partial charge in [0.1, 0.15) is 12.4 Å². The maximum atomic E-state index is 12.4. The highest BCUT2D eigenvalue weighted by molar-refractivity contribution is 5.76. The van der Waals surface area contributed by atoms with Crippen LogP contribution in [0, 0.1) is 6.92 Å². The third kappa shape index (κ3) is 2.17. The van der Waals surface area contributed by atoms with Gasteiger partial charge in [0.15, 0.2) is 0 Å². The minimum absolute atomic E-state index is 0.00690. The van der Waals surface area contributed by atoms with Gasteiger partial charge in [0, 0.05) is 18.7 Å². The Morgan fingerprint density at radius 1 is 1.21 bits per heavy atom. The van der Waals surface area contributed by atoms with Gasteiger partial charge in [-0.25, -0.2) is 4.98 Å². The molecule has 1 aliphatic heterocycles. The van der Waals surface area contributed by atoms with E-state index in [0.717, 1.165) is 56.5 Å². The van der Waals surface area contributed by atoms with E-state index in [4.69, 9.17) is 0 Å². The number of rotatable bonds is 2. The van der Waals surface area contributed by atoms with Crippen molar-refractivity contribution in [2.24, 2.45) is 0 Å². The lowest BCUT2D eigenvalue weighted by Crippen LogP contribution is -2.37. The third-order valence-electron chi connectivity index (χ3n) is 4.13. The van der Waals surface area contributed by atoms with Crippen LogP contribution in [0.2, 0.25) is 0 Å². The number of hydrogen-bond donors (Lipinski definition) is 0. The Labute approximate surface area is 112 Å². The zero-order valence-corrected chi connectivity index (χ0v) is 11.3. The van der Waals surface area contributed by atoms with Gasteiger partial charge in [0.05, 0.1) is 5.69 Å². The summed E-state index contributed by atoms with van der Waals surface area (Å²) in [5.41, 5.74) is 1.75. The highest BCUT2D eigenvalue weighted by Gasteiger charge is 2.23. The SMILES string of the molecule is Cc1nc2c(c(=O)n1CC(=O)N1CCCC1)CCC2. The predicted octanol–water partition coefficient (Wildman–Crippen LogP) is 0.663. The smallest absolute Gasteiger partial charge is 0.257 e. The van der Waals surface area contributed by atoms with Crippen LogP contribution in [0.3, 0.4) is 0 Å². The molecule has 1 aliphatic carbocycles. The second-order valence-electron chi connectivity index (χ2n) is 5.42. The maximum Gasteiger partial charge on any atom is 0.257 e. The molecule has 0 unspecified atom stereocenters. The van der Waals surface area contributed by atoms with E-state index in [1.165, 1.54) is 0 Å². The molecule has 1 aromatic heterocycles. The number of likely N-dealkylation sites (tertiary alicyclic amines) is 1. The lowest BCUT2D eigenvalue weighted by molar-refractivity contribution is -0.130. The molecule has 2 aliphatic rings. The second-order valence-corrected chi connectivity index (χ2v) is 5.42. The molecular weight excluding hydrogens is 242 g/mol. The Hall–Kier alpha value is -1.65. The molecule has 0 bridgehead atoms. The summed E-state index contributed by atoms with van der Waals surface area (Å²) in [6, 6.07) is 0. The van der Waals surface area contributed by atoms with Crippen LogP contribution < -0.4 is 5.56 Å². The number of aryl methyl sites for hydroxylation is 2. The molecule has 0 aromatic carbocycles. The van der Waals surface area contributed by atoms with Crippen LogP contribution in [0.25, 0.3) is 0 Å². The van der Waals surface area contributed by atoms with Crippen LogP contribution in [0.1, 0.15) is 36.3 Å². The third-order valence-corrected chi connectivity index (χ3v) is 4.13. The highest BCUT2D eigenvalue weighted by atomic mass is 16.2. The summed E-state index contributed by atoms with van der Waals surface area (Å²) in [6.07, 6.45) is 4.84. The van der Waals surface area contributed by atoms with Crippen molar-refractivity contribution in [3.8, 4) is 0 Å². The molecular formula is C14H19N3O2. The number of carbonyl (C=O) groups excluding carboxylic acids is 1. The van der Waals surface area contributed by atoms with Gasteiger partial charge in [-0.3, -0.25) is 14.2 Å². The van der Waals surface area contributed by atoms with Crippen molar-refractivity contribution in [2.75, 3.05) is 13.1 Å². The van der Waals surface area contributed by atoms with Gasteiger partial charge < -0.3 is 4.90 Å². The van der Waals surface area contributed by atoms with Crippen LogP contribution in [0.15, 0.2) is 4.79 Å². The van der Waals surface area contributed by atoms with E-state index in [9.17, 15) is 9.59 Å². The molecule has 5 heteroatoms. The number of hydrogen-bond acceptors (Lipinski definition) is 3. The highest BCUT2D eigenvalue weighted by Crippen LogP contribution is 2.16. The summed E-state index contributed by atoms with van der Waals surface area (Å²) in [7, 11) is 0. The normalized spacial score (nSPS) is 17.8. The van der Waals surface area contributed by atoms with E-state index in [2.05, 4.69) is 4.98 Å². The standard InChI is InChI=1S/C14H19N3O2/c1-10-15-12-6-4-5-11(12)14(19)17(10)9-13(18)16-7-2-3-8-16/h2-9H2,1H3. The Bertz CT molecular complexity index is 571. The van der Waals surface area contributed by atoms with E-state index < -0.39 is 0 Å². The maximum absolute atomic E-state index is 12.4. The largest absolute Gasteiger partial charge is 0.341 e. The zero-order valence-electron chi connectivity index (χ0n) is 11.3. The Morgan fingerprint density at radius 2 is 1.95 bits per heavy atom. The minimum Gasteiger partial charge on any atom is -0.341 e. The Kier molecular flexibility index (Phi) is 3.12. The molecule has 1 fully saturated rings. The van der Waals surface area contributed by atoms with Crippen LogP contribution in [0.4, 0.5) is 0 Å². The van der Waals surface area contributed by atoms with Crippen LogP contribution in [-0.2, 0) is 24.2 Å². The van der Waals surface area contributed by atoms with E-state index >= 15 is 0 Å². The fraction of sp³-hybridized carbons (Fsp3) is 0.643. The van der Waals surface area contributed by atoms with Crippen LogP contribution in [0.5, 0.6) is 0 Å². The molecule has 102 valence electrons. The summed E-state index contributed by atoms with van der Waals surface area (Å²) in [5.74, 6) is 0.709. The first-order valence-electron chi connectivity index (χ1n) is 7.04. The van der Waals surface area contributed by atoms with E-state index in [0.29, 0.717) is 5.82 Å². The number of nitrogens with zero attached hydrogens (tertiary/aromatic N) is 3. The van der Waals surface area contributed by atoms with E-state index in [1.54, 1.807) is 4.57 Å². The van der Waals surface area contributed by atoms with Gasteiger partial charge >= 0.3 is 0 Å². The molecule has 19 heavy (non-hydrogen) atoms. The number of aromatic nitrogens is 2. The van der Waals surface area contributed by atoms with Crippen molar-refractivity contribution in [1.82, 2.24) is 14.5 Å². The number of carbonyl (C=O) groups is 1. The predicted molar refractivity (Wildman–Crippen MR) is 71.1 cm³/mol. The fourth-order valence-corrected chi connectivity index (χ4v) is 3.04. The molecule has 0 N–H and O–H groups in total. The first-order valence-corrected chi connectivity index (χ1v) is 7.04. The molecule has 1 amide bonds. The van der Waals surface area contributed by atoms with E-state index in [-0.39, 0.29) is 18.0 Å². The van der Waals surface area contributed by atoms with Gasteiger partial charge in [0.25, 0.3) is 5.56 Å². The van der Waals surface area contributed by atoms with Gasteiger partial charge in [-0.1, -0.05) is 0 Å². The molecule has 2 heterocycles. The molecule has 0 atom stereocenters. The minimum atomic E-state index is -0.00690. The quantitative estimate of drug-likeness (QED) is 0.786. The lowest BCUT2D eigenvalue weighted by Gasteiger charge is -2.17. The molecule has 0 saturated carbocycles. The van der Waals surface area contributed by atoms with Crippen molar-refractivity contribution in [1.29, 1.82) is 0 Å². The zero-order chi connectivity index (χ0) is 13.4. The van der Waals surface area contributed by atoms with Gasteiger partial charge in [-0.05, 0) is 39.0 Å². The first-order chi connectivity index (χ1) is 9.16. The van der Waals surface area contributed by atoms with Gasteiger partial charge in [-0.2, -0.15) is 0 Å². The summed E-state index contributed by atoms with van der Waals surface area (Å²) in [5, 5.41) is 0. The molecule has 0 radical (unpaired) electrons. The average Bonchev–Trinajstić information content (AvgIpc) is 3.04. The lowest BCUT2D eigenvalue weighted by atomic mass is 10.2. The summed E-state index contributed by atoms with van der Waals surface area (Å²) >= 11 is 0. The second kappa shape index (κ2) is 4.79. The van der Waals surface area contributed by atoms with Crippen molar-refractivity contribution in [2.45, 2.75) is 45.6 Å². The summed E-state index contributed by atoms with van der Waals surface area (Å²) < 4.78 is 1.55. The van der Waals surface area contributed by atoms with Gasteiger partial charge in [-0.15, -0.1) is 0 Å². The fourth-order valence-electron chi connectivity index (χ4n) is 3.04. The topological polar surface area (TPSA) is 55.2 Å². The van der Waals surface area contributed by atoms with Crippen LogP contribution >= 0.6 is 0 Å². The molecule has 1 aromatic rings. The van der Waals surface area contributed by atoms with Crippen molar-refractivity contribution in [3.63, 3.8) is 0 Å². The Balaban J connectivity index is 1.88. The monoisotopic (exact) mass is 261 g/mol. The van der Waals surface area contributed by atoms with Crippen molar-refractivity contribution in [3.05, 3.63) is 27.4 Å². The summed E-state index contributed by atoms with van der Waals surface area (Å²) in [4.78, 5) is 30.9. The van der Waals surface area contributed by atoms with Crippen molar-refractivity contribution >= 4 is 5.91 Å².